The summed E-state index contributed by atoms with van der Waals surface area (Å²) in [6.07, 6.45) is 3.74. The largest absolute Gasteiger partial charge is 0.481 e. The van der Waals surface area contributed by atoms with E-state index in [0.29, 0.717) is 26.1 Å². The first-order chi connectivity index (χ1) is 8.65. The van der Waals surface area contributed by atoms with Crippen molar-refractivity contribution in [3.05, 3.63) is 0 Å². The number of carboxylic acid groups (broad SMARTS) is 1. The molecule has 102 valence electrons. The number of ether oxygens (including phenoxy) is 1. The zero-order valence-corrected chi connectivity index (χ0v) is 10.8. The zero-order chi connectivity index (χ0) is 13.1. The van der Waals surface area contributed by atoms with Crippen molar-refractivity contribution in [2.24, 2.45) is 5.92 Å². The van der Waals surface area contributed by atoms with E-state index in [1.165, 1.54) is 0 Å². The van der Waals surface area contributed by atoms with Crippen molar-refractivity contribution in [1.29, 1.82) is 0 Å². The smallest absolute Gasteiger partial charge is 0.308 e. The van der Waals surface area contributed by atoms with Crippen LogP contribution in [0, 0.1) is 5.92 Å². The van der Waals surface area contributed by atoms with E-state index in [4.69, 9.17) is 9.84 Å². The van der Waals surface area contributed by atoms with Crippen molar-refractivity contribution in [2.75, 3.05) is 13.2 Å². The summed E-state index contributed by atoms with van der Waals surface area (Å²) in [7, 11) is 0. The highest BCUT2D eigenvalue weighted by molar-refractivity contribution is 5.80. The Morgan fingerprint density at radius 2 is 2.11 bits per heavy atom. The molecule has 2 saturated heterocycles. The van der Waals surface area contributed by atoms with Crippen molar-refractivity contribution in [3.8, 4) is 0 Å². The molecule has 18 heavy (non-hydrogen) atoms. The molecule has 3 unspecified atom stereocenters. The molecule has 1 N–H and O–H groups in total. The summed E-state index contributed by atoms with van der Waals surface area (Å²) in [5, 5.41) is 9.12. The number of fused-ring (bicyclic) bond motifs is 2. The van der Waals surface area contributed by atoms with Gasteiger partial charge >= 0.3 is 5.97 Å². The van der Waals surface area contributed by atoms with Gasteiger partial charge in [0, 0.05) is 18.7 Å². The Bertz CT molecular complexity index is 331. The van der Waals surface area contributed by atoms with Crippen LogP contribution in [0.15, 0.2) is 0 Å². The number of carbonyl (C=O) groups excluding carboxylic acids is 1. The van der Waals surface area contributed by atoms with Gasteiger partial charge in [-0.05, 0) is 25.7 Å². The van der Waals surface area contributed by atoms with Crippen LogP contribution in [0.4, 0.5) is 0 Å². The van der Waals surface area contributed by atoms with Crippen LogP contribution in [-0.4, -0.2) is 47.2 Å². The van der Waals surface area contributed by atoms with Crippen LogP contribution in [-0.2, 0) is 14.3 Å². The van der Waals surface area contributed by atoms with E-state index in [-0.39, 0.29) is 23.9 Å². The van der Waals surface area contributed by atoms with E-state index in [1.807, 2.05) is 11.8 Å². The number of aliphatic carboxylic acids is 1. The Kier molecular flexibility index (Phi) is 4.22. The van der Waals surface area contributed by atoms with Gasteiger partial charge in [0.2, 0.25) is 5.91 Å². The van der Waals surface area contributed by atoms with Gasteiger partial charge in [-0.15, -0.1) is 0 Å². The molecule has 2 fully saturated rings. The Labute approximate surface area is 107 Å². The van der Waals surface area contributed by atoms with Gasteiger partial charge in [-0.25, -0.2) is 0 Å². The van der Waals surface area contributed by atoms with Crippen LogP contribution in [0.5, 0.6) is 0 Å². The van der Waals surface area contributed by atoms with Gasteiger partial charge in [0.15, 0.2) is 0 Å². The Morgan fingerprint density at radius 1 is 1.33 bits per heavy atom. The Hall–Kier alpha value is -1.10. The number of hydrogen-bond acceptors (Lipinski definition) is 3. The lowest BCUT2D eigenvalue weighted by atomic mass is 9.89. The van der Waals surface area contributed by atoms with Crippen molar-refractivity contribution >= 4 is 11.9 Å². The maximum atomic E-state index is 12.1. The second-order valence-corrected chi connectivity index (χ2v) is 5.14. The predicted octanol–water partition coefficient (Wildman–Crippen LogP) is 1.27. The van der Waals surface area contributed by atoms with Gasteiger partial charge in [-0.3, -0.25) is 9.59 Å². The fourth-order valence-corrected chi connectivity index (χ4v) is 3.18. The Balaban J connectivity index is 1.86. The van der Waals surface area contributed by atoms with E-state index in [0.717, 1.165) is 19.3 Å². The van der Waals surface area contributed by atoms with Gasteiger partial charge in [-0.2, -0.15) is 0 Å². The van der Waals surface area contributed by atoms with E-state index in [1.54, 1.807) is 0 Å². The van der Waals surface area contributed by atoms with Crippen LogP contribution in [0.25, 0.3) is 0 Å². The van der Waals surface area contributed by atoms with Gasteiger partial charge in [0.25, 0.3) is 0 Å². The molecular formula is C13H21NO4. The third-order valence-electron chi connectivity index (χ3n) is 3.95. The average molecular weight is 255 g/mol. The third kappa shape index (κ3) is 2.51. The van der Waals surface area contributed by atoms with Crippen LogP contribution in [0.3, 0.4) is 0 Å². The first kappa shape index (κ1) is 13.3. The summed E-state index contributed by atoms with van der Waals surface area (Å²) in [5.41, 5.74) is 0. The number of nitrogens with zero attached hydrogens (tertiary/aromatic N) is 1. The molecule has 0 saturated carbocycles. The molecule has 0 spiro atoms. The first-order valence-electron chi connectivity index (χ1n) is 6.76. The lowest BCUT2D eigenvalue weighted by molar-refractivity contribution is -0.143. The Morgan fingerprint density at radius 3 is 2.72 bits per heavy atom. The quantitative estimate of drug-likeness (QED) is 0.726. The molecule has 2 aliphatic heterocycles. The molecule has 5 nitrogen and oxygen atoms in total. The van der Waals surface area contributed by atoms with Crippen molar-refractivity contribution in [2.45, 2.75) is 51.1 Å². The van der Waals surface area contributed by atoms with Gasteiger partial charge in [0.05, 0.1) is 18.9 Å². The molecule has 0 aromatic rings. The molecule has 2 aliphatic rings. The summed E-state index contributed by atoms with van der Waals surface area (Å²) < 4.78 is 5.31. The molecule has 0 aromatic carbocycles. The minimum atomic E-state index is -0.762. The van der Waals surface area contributed by atoms with Crippen LogP contribution in [0.2, 0.25) is 0 Å². The minimum absolute atomic E-state index is 0.0577. The number of amides is 1. The SMILES string of the molecule is CCCOCCC(=O)N1C2CCC1C(C(=O)O)C2. The lowest BCUT2D eigenvalue weighted by Gasteiger charge is -2.23. The second kappa shape index (κ2) is 5.69. The average Bonchev–Trinajstić information content (AvgIpc) is 2.91. The fraction of sp³-hybridized carbons (Fsp3) is 0.846. The molecule has 0 radical (unpaired) electrons. The molecule has 2 heterocycles. The fourth-order valence-electron chi connectivity index (χ4n) is 3.18. The van der Waals surface area contributed by atoms with Crippen molar-refractivity contribution < 1.29 is 19.4 Å². The molecule has 3 atom stereocenters. The number of carboxylic acids is 1. The monoisotopic (exact) mass is 255 g/mol. The molecule has 0 aromatic heterocycles. The van der Waals surface area contributed by atoms with E-state index in [9.17, 15) is 9.59 Å². The summed E-state index contributed by atoms with van der Waals surface area (Å²) >= 11 is 0. The van der Waals surface area contributed by atoms with Crippen LogP contribution < -0.4 is 0 Å². The number of rotatable bonds is 6. The highest BCUT2D eigenvalue weighted by Crippen LogP contribution is 2.42. The second-order valence-electron chi connectivity index (χ2n) is 5.14. The van der Waals surface area contributed by atoms with E-state index < -0.39 is 5.97 Å². The topological polar surface area (TPSA) is 66.8 Å². The number of hydrogen-bond donors (Lipinski definition) is 1. The summed E-state index contributed by atoms with van der Waals surface area (Å²) in [5.74, 6) is -1.06. The standard InChI is InChI=1S/C13H21NO4/c1-2-6-18-7-5-12(15)14-9-3-4-11(14)10(8-9)13(16)17/h9-11H,2-8H2,1H3,(H,16,17). The van der Waals surface area contributed by atoms with Gasteiger partial charge in [-0.1, -0.05) is 6.92 Å². The number of carbonyl (C=O) groups is 2. The van der Waals surface area contributed by atoms with Crippen LogP contribution in [0.1, 0.15) is 39.0 Å². The maximum absolute atomic E-state index is 12.1. The van der Waals surface area contributed by atoms with Crippen LogP contribution >= 0.6 is 0 Å². The molecule has 0 aliphatic carbocycles. The highest BCUT2D eigenvalue weighted by atomic mass is 16.5. The first-order valence-corrected chi connectivity index (χ1v) is 6.76. The van der Waals surface area contributed by atoms with E-state index in [2.05, 4.69) is 0 Å². The predicted molar refractivity (Wildman–Crippen MR) is 65.1 cm³/mol. The summed E-state index contributed by atoms with van der Waals surface area (Å²) in [4.78, 5) is 25.0. The molecule has 5 heteroatoms. The van der Waals surface area contributed by atoms with Gasteiger partial charge in [0.1, 0.15) is 0 Å². The molecule has 1 amide bonds. The normalized spacial score (nSPS) is 29.8. The molecule has 2 bridgehead atoms. The summed E-state index contributed by atoms with van der Waals surface area (Å²) in [6.45, 7) is 3.15. The molecular weight excluding hydrogens is 234 g/mol. The maximum Gasteiger partial charge on any atom is 0.308 e. The zero-order valence-electron chi connectivity index (χ0n) is 10.8. The van der Waals surface area contributed by atoms with Crippen molar-refractivity contribution in [3.63, 3.8) is 0 Å². The lowest BCUT2D eigenvalue weighted by Crippen LogP contribution is -2.38. The third-order valence-corrected chi connectivity index (χ3v) is 3.95. The van der Waals surface area contributed by atoms with E-state index >= 15 is 0 Å². The molecule has 2 rings (SSSR count). The summed E-state index contributed by atoms with van der Waals surface area (Å²) in [6, 6.07) is 0.0703. The van der Waals surface area contributed by atoms with Crippen molar-refractivity contribution in [1.82, 2.24) is 4.90 Å². The van der Waals surface area contributed by atoms with Gasteiger partial charge < -0.3 is 14.7 Å². The highest BCUT2D eigenvalue weighted by Gasteiger charge is 2.50. The minimum Gasteiger partial charge on any atom is -0.481 e.